The van der Waals surface area contributed by atoms with E-state index in [1.54, 1.807) is 6.92 Å². The fraction of sp³-hybridized carbons (Fsp3) is 0.536. The predicted molar refractivity (Wildman–Crippen MR) is 142 cm³/mol. The molecule has 2 aromatic rings. The highest BCUT2D eigenvalue weighted by atomic mass is 35.5. The number of benzene rings is 2. The number of fused-ring (bicyclic) bond motifs is 3. The van der Waals surface area contributed by atoms with Crippen LogP contribution in [0, 0.1) is 11.2 Å². The fourth-order valence-electron chi connectivity index (χ4n) is 6.84. The Bertz CT molecular complexity index is 1480. The molecule has 0 saturated carbocycles. The van der Waals surface area contributed by atoms with Gasteiger partial charge < -0.3 is 10.2 Å². The van der Waals surface area contributed by atoms with E-state index in [0.29, 0.717) is 38.1 Å². The molecule has 0 bridgehead atoms. The van der Waals surface area contributed by atoms with Crippen LogP contribution in [0.5, 0.6) is 0 Å². The molecule has 0 unspecified atom stereocenters. The molecule has 1 amide bonds. The molecule has 2 aromatic carbocycles. The predicted octanol–water partition coefficient (Wildman–Crippen LogP) is 6.14. The summed E-state index contributed by atoms with van der Waals surface area (Å²) in [6, 6.07) is 4.45. The Balaban J connectivity index is 0.00000423. The SMILES string of the molecule is CC1(C(=O)N2CC[C@@]3(S(=O)(=O)c4ccc(F)cc4)c4ccc(C(F)(C(F)(F)F)C(F)(F)F)cc4CC[C@@H]23)CCNCC1.Cl. The number of hydrogen-bond acceptors (Lipinski definition) is 4. The van der Waals surface area contributed by atoms with Crippen molar-refractivity contribution in [3.05, 3.63) is 65.0 Å². The highest BCUT2D eigenvalue weighted by Gasteiger charge is 2.74. The van der Waals surface area contributed by atoms with Crippen molar-refractivity contribution in [1.82, 2.24) is 10.2 Å². The second kappa shape index (κ2) is 10.9. The van der Waals surface area contributed by atoms with Gasteiger partial charge in [0.2, 0.25) is 5.91 Å². The molecule has 2 fully saturated rings. The van der Waals surface area contributed by atoms with E-state index in [9.17, 15) is 48.3 Å². The van der Waals surface area contributed by atoms with Crippen LogP contribution in [0.25, 0.3) is 0 Å². The van der Waals surface area contributed by atoms with Crippen molar-refractivity contribution in [2.75, 3.05) is 19.6 Å². The van der Waals surface area contributed by atoms with Crippen molar-refractivity contribution in [1.29, 1.82) is 0 Å². The fourth-order valence-corrected chi connectivity index (χ4v) is 9.20. The summed E-state index contributed by atoms with van der Waals surface area (Å²) in [7, 11) is -4.52. The van der Waals surface area contributed by atoms with Gasteiger partial charge >= 0.3 is 18.0 Å². The Kier molecular flexibility index (Phi) is 8.45. The molecule has 0 radical (unpaired) electrons. The zero-order valence-corrected chi connectivity index (χ0v) is 24.4. The number of amides is 1. The Labute approximate surface area is 249 Å². The topological polar surface area (TPSA) is 66.5 Å². The first kappa shape index (κ1) is 33.4. The summed E-state index contributed by atoms with van der Waals surface area (Å²) in [6.07, 6.45) is -12.2. The van der Waals surface area contributed by atoms with Crippen LogP contribution in [0.3, 0.4) is 0 Å². The second-order valence-electron chi connectivity index (χ2n) is 11.5. The molecule has 238 valence electrons. The van der Waals surface area contributed by atoms with Gasteiger partial charge in [-0.05, 0) is 80.6 Å². The number of nitrogens with one attached hydrogen (secondary N) is 1. The average molecular weight is 661 g/mol. The molecule has 2 saturated heterocycles. The van der Waals surface area contributed by atoms with Gasteiger partial charge in [-0.25, -0.2) is 17.2 Å². The lowest BCUT2D eigenvalue weighted by atomic mass is 9.75. The molecular weight excluding hydrogens is 632 g/mol. The normalized spacial score (nSPS) is 24.1. The van der Waals surface area contributed by atoms with Crippen LogP contribution >= 0.6 is 12.4 Å². The Morgan fingerprint density at radius 1 is 0.930 bits per heavy atom. The monoisotopic (exact) mass is 660 g/mol. The zero-order valence-electron chi connectivity index (χ0n) is 22.8. The number of aryl methyl sites for hydroxylation is 1. The Hall–Kier alpha value is -2.45. The molecule has 3 aliphatic rings. The van der Waals surface area contributed by atoms with Gasteiger partial charge in [0.05, 0.1) is 10.9 Å². The van der Waals surface area contributed by atoms with Crippen LogP contribution in [0.4, 0.5) is 35.1 Å². The van der Waals surface area contributed by atoms with E-state index in [1.807, 2.05) is 0 Å². The van der Waals surface area contributed by atoms with Gasteiger partial charge in [0.15, 0.2) is 9.84 Å². The number of carbonyl (C=O) groups excluding carboxylic acids is 1. The number of hydrogen-bond donors (Lipinski definition) is 1. The minimum atomic E-state index is -6.34. The molecule has 5 rings (SSSR count). The average Bonchev–Trinajstić information content (AvgIpc) is 3.33. The zero-order chi connectivity index (χ0) is 30.9. The molecule has 0 spiro atoms. The van der Waals surface area contributed by atoms with Crippen LogP contribution in [0.15, 0.2) is 47.4 Å². The van der Waals surface area contributed by atoms with E-state index < -0.39 is 55.4 Å². The van der Waals surface area contributed by atoms with Gasteiger partial charge in [-0.3, -0.25) is 4.79 Å². The van der Waals surface area contributed by atoms with Crippen LogP contribution in [0.1, 0.15) is 49.3 Å². The number of nitrogens with zero attached hydrogens (tertiary/aromatic N) is 1. The number of piperidine rings is 1. The first-order valence-electron chi connectivity index (χ1n) is 13.4. The summed E-state index contributed by atoms with van der Waals surface area (Å²) in [5.41, 5.74) is -8.48. The highest BCUT2D eigenvalue weighted by Crippen LogP contribution is 2.57. The Morgan fingerprint density at radius 3 is 2.07 bits per heavy atom. The van der Waals surface area contributed by atoms with Gasteiger partial charge in [-0.15, -0.1) is 12.4 Å². The molecule has 15 heteroatoms. The summed E-state index contributed by atoms with van der Waals surface area (Å²) in [4.78, 5) is 15.0. The first-order valence-corrected chi connectivity index (χ1v) is 14.9. The van der Waals surface area contributed by atoms with Crippen molar-refractivity contribution >= 4 is 28.2 Å². The van der Waals surface area contributed by atoms with E-state index >= 15 is 0 Å². The minimum absolute atomic E-state index is 0. The van der Waals surface area contributed by atoms with E-state index in [4.69, 9.17) is 0 Å². The second-order valence-corrected chi connectivity index (χ2v) is 13.7. The van der Waals surface area contributed by atoms with Gasteiger partial charge in [0, 0.05) is 17.5 Å². The van der Waals surface area contributed by atoms with Crippen molar-refractivity contribution in [3.63, 3.8) is 0 Å². The molecule has 1 aliphatic carbocycles. The van der Waals surface area contributed by atoms with Gasteiger partial charge in [-0.2, -0.15) is 26.3 Å². The van der Waals surface area contributed by atoms with E-state index in [0.717, 1.165) is 30.3 Å². The third kappa shape index (κ3) is 4.91. The molecule has 5 nitrogen and oxygen atoms in total. The van der Waals surface area contributed by atoms with Gasteiger partial charge in [0.1, 0.15) is 10.6 Å². The van der Waals surface area contributed by atoms with Crippen LogP contribution in [-0.4, -0.2) is 57.3 Å². The van der Waals surface area contributed by atoms with Gasteiger partial charge in [0.25, 0.3) is 0 Å². The van der Waals surface area contributed by atoms with Crippen LogP contribution in [-0.2, 0) is 31.5 Å². The minimum Gasteiger partial charge on any atom is -0.337 e. The van der Waals surface area contributed by atoms with Crippen LogP contribution in [0.2, 0.25) is 0 Å². The summed E-state index contributed by atoms with van der Waals surface area (Å²) < 4.78 is 137. The van der Waals surface area contributed by atoms with Crippen molar-refractivity contribution in [2.45, 2.75) is 72.7 Å². The third-order valence-corrected chi connectivity index (χ3v) is 11.7. The van der Waals surface area contributed by atoms with Crippen molar-refractivity contribution in [3.8, 4) is 0 Å². The third-order valence-electron chi connectivity index (χ3n) is 9.15. The van der Waals surface area contributed by atoms with Crippen LogP contribution < -0.4 is 5.32 Å². The summed E-state index contributed by atoms with van der Waals surface area (Å²) in [5.74, 6) is -1.01. The van der Waals surface area contributed by atoms with E-state index in [1.165, 1.54) is 4.90 Å². The number of carbonyl (C=O) groups is 1. The Morgan fingerprint density at radius 2 is 1.51 bits per heavy atom. The van der Waals surface area contributed by atoms with Gasteiger partial charge in [-0.1, -0.05) is 25.1 Å². The highest BCUT2D eigenvalue weighted by molar-refractivity contribution is 7.92. The molecule has 43 heavy (non-hydrogen) atoms. The lowest BCUT2D eigenvalue weighted by Crippen LogP contribution is -2.56. The summed E-state index contributed by atoms with van der Waals surface area (Å²) in [6.45, 7) is 2.87. The largest absolute Gasteiger partial charge is 0.435 e. The molecular formula is C28H29ClF8N2O3S. The maximum Gasteiger partial charge on any atom is 0.435 e. The quantitative estimate of drug-likeness (QED) is 0.316. The standard InChI is InChI=1S/C28H28F8N2O3S.ClH/c1-24(10-13-37-14-11-24)23(39)38-15-12-25(42(40,41)20-6-4-19(29)5-7-20)21-8-3-18(16-17(21)2-9-22(25)38)26(30,27(31,32)33)28(34,35)36;/h3-8,16,22,37H,2,9-15H2,1H3;1H/t22-,25-;/m1./s1. The number of alkyl halides is 7. The molecule has 2 atom stereocenters. The number of likely N-dealkylation sites (tertiary alicyclic amines) is 1. The maximum atomic E-state index is 15.0. The molecule has 0 aromatic heterocycles. The summed E-state index contributed by atoms with van der Waals surface area (Å²) >= 11 is 0. The first-order chi connectivity index (χ1) is 19.4. The van der Waals surface area contributed by atoms with Crippen molar-refractivity contribution in [2.24, 2.45) is 5.41 Å². The van der Waals surface area contributed by atoms with E-state index in [-0.39, 0.29) is 60.1 Å². The number of halogens is 9. The summed E-state index contributed by atoms with van der Waals surface area (Å²) in [5, 5.41) is 3.16. The number of rotatable bonds is 4. The maximum absolute atomic E-state index is 15.0. The number of sulfone groups is 1. The lowest BCUT2D eigenvalue weighted by molar-refractivity contribution is -0.348. The smallest absolute Gasteiger partial charge is 0.337 e. The molecule has 2 heterocycles. The van der Waals surface area contributed by atoms with Crippen molar-refractivity contribution < 1.29 is 48.3 Å². The van der Waals surface area contributed by atoms with E-state index in [2.05, 4.69) is 5.32 Å². The lowest BCUT2D eigenvalue weighted by Gasteiger charge is -2.45. The molecule has 2 aliphatic heterocycles. The molecule has 1 N–H and O–H groups in total.